The SMILES string of the molecule is CCOc1cc(/C=N/O)cc(Cl)c1OCC(=O)Nc1ccc(F)cc1. The standard InChI is InChI=1S/C17H16ClFN2O4/c1-2-24-15-8-11(9-20-23)7-14(18)17(15)25-10-16(22)21-13-5-3-12(19)4-6-13/h3-9,23H,2,10H2,1H3,(H,21,22)/b20-9+. The zero-order valence-corrected chi connectivity index (χ0v) is 14.1. The van der Waals surface area contributed by atoms with Crippen molar-refractivity contribution in [2.45, 2.75) is 6.92 Å². The van der Waals surface area contributed by atoms with Gasteiger partial charge >= 0.3 is 0 Å². The molecule has 132 valence electrons. The zero-order valence-electron chi connectivity index (χ0n) is 13.3. The third-order valence-corrected chi connectivity index (χ3v) is 3.29. The van der Waals surface area contributed by atoms with Gasteiger partial charge in [0.2, 0.25) is 0 Å². The molecule has 2 aromatic carbocycles. The maximum absolute atomic E-state index is 12.9. The molecule has 2 N–H and O–H groups in total. The lowest BCUT2D eigenvalue weighted by molar-refractivity contribution is -0.118. The zero-order chi connectivity index (χ0) is 18.2. The van der Waals surface area contributed by atoms with Gasteiger partial charge in [0.15, 0.2) is 18.1 Å². The van der Waals surface area contributed by atoms with Crippen LogP contribution in [0.15, 0.2) is 41.6 Å². The fourth-order valence-electron chi connectivity index (χ4n) is 2.00. The predicted octanol–water partition coefficient (Wildman–Crippen LogP) is 3.70. The molecule has 0 aliphatic rings. The van der Waals surface area contributed by atoms with Crippen molar-refractivity contribution in [3.8, 4) is 11.5 Å². The molecule has 0 heterocycles. The molecule has 0 bridgehead atoms. The van der Waals surface area contributed by atoms with E-state index in [1.54, 1.807) is 13.0 Å². The first-order chi connectivity index (χ1) is 12.0. The van der Waals surface area contributed by atoms with Crippen molar-refractivity contribution in [3.05, 3.63) is 52.8 Å². The Morgan fingerprint density at radius 2 is 2.04 bits per heavy atom. The van der Waals surface area contributed by atoms with Crippen LogP contribution in [-0.4, -0.2) is 30.5 Å². The van der Waals surface area contributed by atoms with Crippen LogP contribution >= 0.6 is 11.6 Å². The molecule has 8 heteroatoms. The van der Waals surface area contributed by atoms with Crippen LogP contribution in [0.3, 0.4) is 0 Å². The monoisotopic (exact) mass is 366 g/mol. The number of carbonyl (C=O) groups excluding carboxylic acids is 1. The smallest absolute Gasteiger partial charge is 0.262 e. The van der Waals surface area contributed by atoms with Crippen LogP contribution in [0.2, 0.25) is 5.02 Å². The number of anilines is 1. The number of carbonyl (C=O) groups is 1. The number of nitrogens with one attached hydrogen (secondary N) is 1. The molecule has 2 rings (SSSR count). The van der Waals surface area contributed by atoms with E-state index >= 15 is 0 Å². The Morgan fingerprint density at radius 1 is 1.32 bits per heavy atom. The summed E-state index contributed by atoms with van der Waals surface area (Å²) in [7, 11) is 0. The molecule has 2 aromatic rings. The maximum atomic E-state index is 12.9. The molecule has 0 radical (unpaired) electrons. The predicted molar refractivity (Wildman–Crippen MR) is 92.5 cm³/mol. The first kappa shape index (κ1) is 18.5. The minimum atomic E-state index is -0.439. The highest BCUT2D eigenvalue weighted by Gasteiger charge is 2.14. The summed E-state index contributed by atoms with van der Waals surface area (Å²) < 4.78 is 23.8. The number of ether oxygens (including phenoxy) is 2. The molecule has 0 aliphatic carbocycles. The summed E-state index contributed by atoms with van der Waals surface area (Å²) >= 11 is 6.15. The van der Waals surface area contributed by atoms with Crippen LogP contribution in [0.1, 0.15) is 12.5 Å². The van der Waals surface area contributed by atoms with Crippen LogP contribution in [0.25, 0.3) is 0 Å². The lowest BCUT2D eigenvalue weighted by Gasteiger charge is -2.14. The summed E-state index contributed by atoms with van der Waals surface area (Å²) in [6.07, 6.45) is 1.19. The molecule has 0 saturated heterocycles. The van der Waals surface area contributed by atoms with Gasteiger partial charge < -0.3 is 20.0 Å². The molecule has 0 fully saturated rings. The fourth-order valence-corrected chi connectivity index (χ4v) is 2.27. The number of hydrogen-bond donors (Lipinski definition) is 2. The van der Waals surface area contributed by atoms with E-state index in [0.717, 1.165) is 0 Å². The first-order valence-electron chi connectivity index (χ1n) is 7.35. The van der Waals surface area contributed by atoms with Crippen molar-refractivity contribution in [3.63, 3.8) is 0 Å². The molecule has 0 aliphatic heterocycles. The van der Waals surface area contributed by atoms with Crippen molar-refractivity contribution in [1.82, 2.24) is 0 Å². The molecular weight excluding hydrogens is 351 g/mol. The lowest BCUT2D eigenvalue weighted by atomic mass is 10.2. The van der Waals surface area contributed by atoms with Gasteiger partial charge in [-0.15, -0.1) is 0 Å². The van der Waals surface area contributed by atoms with E-state index in [-0.39, 0.29) is 17.4 Å². The summed E-state index contributed by atoms with van der Waals surface area (Å²) in [5.74, 6) is -0.313. The maximum Gasteiger partial charge on any atom is 0.262 e. The van der Waals surface area contributed by atoms with Gasteiger partial charge in [-0.1, -0.05) is 16.8 Å². The lowest BCUT2D eigenvalue weighted by Crippen LogP contribution is -2.20. The Morgan fingerprint density at radius 3 is 2.68 bits per heavy atom. The third-order valence-electron chi connectivity index (χ3n) is 3.01. The van der Waals surface area contributed by atoms with Crippen molar-refractivity contribution in [2.75, 3.05) is 18.5 Å². The average Bonchev–Trinajstić information content (AvgIpc) is 2.57. The van der Waals surface area contributed by atoms with Crippen molar-refractivity contribution in [2.24, 2.45) is 5.16 Å². The largest absolute Gasteiger partial charge is 0.490 e. The summed E-state index contributed by atoms with van der Waals surface area (Å²) in [6, 6.07) is 8.44. The van der Waals surface area contributed by atoms with Gasteiger partial charge in [0.25, 0.3) is 5.91 Å². The van der Waals surface area contributed by atoms with Crippen LogP contribution in [0.5, 0.6) is 11.5 Å². The topological polar surface area (TPSA) is 80.2 Å². The minimum absolute atomic E-state index is 0.202. The fraction of sp³-hybridized carbons (Fsp3) is 0.176. The average molecular weight is 367 g/mol. The number of amides is 1. The Balaban J connectivity index is 2.08. The Labute approximate surface area is 148 Å². The third kappa shape index (κ3) is 5.36. The Kier molecular flexibility index (Phi) is 6.59. The van der Waals surface area contributed by atoms with Gasteiger partial charge in [-0.2, -0.15) is 0 Å². The molecule has 0 saturated carbocycles. The van der Waals surface area contributed by atoms with E-state index in [1.165, 1.54) is 36.5 Å². The second-order valence-electron chi connectivity index (χ2n) is 4.85. The molecular formula is C17H16ClFN2O4. The van der Waals surface area contributed by atoms with E-state index in [2.05, 4.69) is 10.5 Å². The van der Waals surface area contributed by atoms with Crippen LogP contribution in [-0.2, 0) is 4.79 Å². The van der Waals surface area contributed by atoms with Gasteiger partial charge in [0, 0.05) is 11.3 Å². The number of rotatable bonds is 7. The molecule has 0 spiro atoms. The molecule has 0 unspecified atom stereocenters. The molecule has 6 nitrogen and oxygen atoms in total. The first-order valence-corrected chi connectivity index (χ1v) is 7.73. The van der Waals surface area contributed by atoms with E-state index in [4.69, 9.17) is 26.3 Å². The van der Waals surface area contributed by atoms with Crippen LogP contribution < -0.4 is 14.8 Å². The molecule has 0 aromatic heterocycles. The number of hydrogen-bond acceptors (Lipinski definition) is 5. The van der Waals surface area contributed by atoms with E-state index in [1.807, 2.05) is 0 Å². The van der Waals surface area contributed by atoms with E-state index < -0.39 is 11.7 Å². The van der Waals surface area contributed by atoms with E-state index in [9.17, 15) is 9.18 Å². The second-order valence-corrected chi connectivity index (χ2v) is 5.26. The van der Waals surface area contributed by atoms with E-state index in [0.29, 0.717) is 23.6 Å². The van der Waals surface area contributed by atoms with Gasteiger partial charge in [0.1, 0.15) is 5.82 Å². The summed E-state index contributed by atoms with van der Waals surface area (Å²) in [4.78, 5) is 12.0. The van der Waals surface area contributed by atoms with Crippen molar-refractivity contribution >= 4 is 29.4 Å². The quantitative estimate of drug-likeness (QED) is 0.445. The number of benzene rings is 2. The summed E-state index contributed by atoms with van der Waals surface area (Å²) in [6.45, 7) is 1.82. The second kappa shape index (κ2) is 8.89. The molecule has 1 amide bonds. The molecule has 25 heavy (non-hydrogen) atoms. The summed E-state index contributed by atoms with van der Waals surface area (Å²) in [5.41, 5.74) is 0.958. The number of oxime groups is 1. The van der Waals surface area contributed by atoms with Gasteiger partial charge in [-0.05, 0) is 43.3 Å². The van der Waals surface area contributed by atoms with Crippen LogP contribution in [0, 0.1) is 5.82 Å². The van der Waals surface area contributed by atoms with Gasteiger partial charge in [-0.3, -0.25) is 4.79 Å². The van der Waals surface area contributed by atoms with Gasteiger partial charge in [0.05, 0.1) is 17.8 Å². The Hall–Kier alpha value is -2.80. The molecule has 0 atom stereocenters. The summed E-state index contributed by atoms with van der Waals surface area (Å²) in [5, 5.41) is 14.3. The number of halogens is 2. The van der Waals surface area contributed by atoms with Crippen molar-refractivity contribution < 1.29 is 23.9 Å². The van der Waals surface area contributed by atoms with Crippen molar-refractivity contribution in [1.29, 1.82) is 0 Å². The minimum Gasteiger partial charge on any atom is -0.490 e. The Bertz CT molecular complexity index is 766. The number of nitrogens with zero attached hydrogens (tertiary/aromatic N) is 1. The van der Waals surface area contributed by atoms with Crippen LogP contribution in [0.4, 0.5) is 10.1 Å². The highest BCUT2D eigenvalue weighted by atomic mass is 35.5. The highest BCUT2D eigenvalue weighted by Crippen LogP contribution is 2.36. The highest BCUT2D eigenvalue weighted by molar-refractivity contribution is 6.32. The normalized spacial score (nSPS) is 10.7. The van der Waals surface area contributed by atoms with Gasteiger partial charge in [-0.25, -0.2) is 4.39 Å².